The van der Waals surface area contributed by atoms with Gasteiger partial charge in [-0.3, -0.25) is 0 Å². The predicted octanol–water partition coefficient (Wildman–Crippen LogP) is 12.1. The van der Waals surface area contributed by atoms with Crippen LogP contribution in [0, 0.1) is 0 Å². The van der Waals surface area contributed by atoms with Crippen LogP contribution < -0.4 is 41.5 Å². The van der Waals surface area contributed by atoms with E-state index in [1.165, 1.54) is 0 Å². The third kappa shape index (κ3) is 7.13. The molecule has 1 atom stereocenters. The van der Waals surface area contributed by atoms with Crippen molar-refractivity contribution in [3.63, 3.8) is 0 Å². The largest absolute Gasteiger partial charge is 0.309 e. The molecule has 4 heterocycles. The lowest BCUT2D eigenvalue weighted by Gasteiger charge is -2.39. The molecule has 0 fully saturated rings. The van der Waals surface area contributed by atoms with Crippen LogP contribution in [-0.4, -0.2) is 40.2 Å². The van der Waals surface area contributed by atoms with Crippen LogP contribution in [0.2, 0.25) is 0 Å². The molecule has 7 heteroatoms. The molecule has 0 saturated carbocycles. The first kappa shape index (κ1) is 24.2. The Labute approximate surface area is 526 Å². The summed E-state index contributed by atoms with van der Waals surface area (Å²) in [7, 11) is -11.2. The first-order chi connectivity index (χ1) is 55.2. The molecule has 15 aromatic rings. The van der Waals surface area contributed by atoms with Crippen molar-refractivity contribution in [2.45, 2.75) is 0 Å². The Hall–Kier alpha value is -10.3. The first-order valence-corrected chi connectivity index (χ1v) is 29.2. The second kappa shape index (κ2) is 19.2. The standard InChI is InChI=1S/C75H51N5Si2/c1-5-28-54(29-6-1)81(55-30-7-2-8-31-55,56-32-9-3-10-33-56)58-36-23-26-52(50-58)73-76-74(78-75(77-73)64-41-16-20-46-68(64)79-65-43-17-13-38-60(65)61-39-14-18-44-66(61)79)53-27-24-37-59(51-53)82(57-34-11-4-12-35-57)70-48-22-21-47-69(70)80-67-45-19-15-40-62(67)63-42-25-49-71(82)72(63)80/h1-51H/i1D,2D,3D,5D,6D,7D,8D,9D,10D,13D,14D,16D,17D,18D,20D,23D,24D,26D,27D,28D,29D,30D,31D,32D,33D,36D,37D,38D,39D,41D,43D,44D,46D,50D,51D. The number of fused-ring (bicyclic) bond motifs is 8. The van der Waals surface area contributed by atoms with Crippen LogP contribution >= 0.6 is 0 Å². The Balaban J connectivity index is 1.16. The van der Waals surface area contributed by atoms with E-state index in [1.54, 1.807) is 54.6 Å². The molecule has 5 nitrogen and oxygen atoms in total. The van der Waals surface area contributed by atoms with E-state index >= 15 is 0 Å². The van der Waals surface area contributed by atoms with E-state index < -0.39 is 310 Å². The van der Waals surface area contributed by atoms with Gasteiger partial charge >= 0.3 is 0 Å². The maximum absolute atomic E-state index is 11.1. The Morgan fingerprint density at radius 1 is 0.329 bits per heavy atom. The number of benzene rings is 12. The minimum absolute atomic E-state index is 0.219. The monoisotopic (exact) mass is 1110 g/mol. The number of nitrogens with zero attached hydrogens (tertiary/aromatic N) is 5. The SMILES string of the molecule is [2H]c1c([2H])c([2H])c([Si](c2c([2H])c([2H])c([2H])c([2H])c2[2H])(c2c([2H])c([2H])c([2H])c([2H])c2[2H])c2c([2H])c([2H])c([2H])c(-c3nc(-c4c([2H])c([2H])c([2H])c([Si]5(c6ccccc6)c6ccccc6-n6c7ccccc7c7cccc5c76)c4[2H])nc(-c4c([2H])c([2H])c([2H])c([2H])c4-n4c5c([2H])c([2H])c([2H])c([2H])c5c5c([2H])c([2H])c([2H])c([2H])c54)n3)c2[2H])c([2H])c1[2H]. The van der Waals surface area contributed by atoms with Gasteiger partial charge in [0.15, 0.2) is 33.6 Å². The van der Waals surface area contributed by atoms with Crippen molar-refractivity contribution in [3.8, 4) is 45.5 Å². The van der Waals surface area contributed by atoms with Gasteiger partial charge in [0.05, 0.1) is 75.7 Å². The molecule has 1 aliphatic rings. The van der Waals surface area contributed by atoms with E-state index in [0.29, 0.717) is 31.3 Å². The highest BCUT2D eigenvalue weighted by molar-refractivity contribution is 7.21. The van der Waals surface area contributed by atoms with Gasteiger partial charge in [-0.1, -0.05) is 272 Å². The molecule has 1 aliphatic heterocycles. The molecule has 0 aliphatic carbocycles. The summed E-state index contributed by atoms with van der Waals surface area (Å²) >= 11 is 0. The van der Waals surface area contributed by atoms with Gasteiger partial charge in [-0.25, -0.2) is 15.0 Å². The summed E-state index contributed by atoms with van der Waals surface area (Å²) in [4.78, 5) is 14.4. The van der Waals surface area contributed by atoms with E-state index in [2.05, 4.69) is 0 Å². The lowest BCUT2D eigenvalue weighted by molar-refractivity contribution is 1.06. The molecule has 0 saturated heterocycles. The zero-order chi connectivity index (χ0) is 84.7. The summed E-state index contributed by atoms with van der Waals surface area (Å²) in [6.45, 7) is 0. The maximum atomic E-state index is 11.1. The smallest absolute Gasteiger partial charge is 0.184 e. The third-order valence-electron chi connectivity index (χ3n) is 14.7. The molecular formula is C75H51N5Si2. The van der Waals surface area contributed by atoms with E-state index in [4.69, 9.17) is 24.5 Å². The van der Waals surface area contributed by atoms with Gasteiger partial charge in [0, 0.05) is 43.9 Å². The summed E-state index contributed by atoms with van der Waals surface area (Å²) in [6.07, 6.45) is 0. The van der Waals surface area contributed by atoms with Gasteiger partial charge in [0.1, 0.15) is 0 Å². The van der Waals surface area contributed by atoms with Crippen molar-refractivity contribution in [1.29, 1.82) is 0 Å². The van der Waals surface area contributed by atoms with Crippen LogP contribution in [0.3, 0.4) is 0 Å². The van der Waals surface area contributed by atoms with Gasteiger partial charge in [0.2, 0.25) is 0 Å². The van der Waals surface area contributed by atoms with Gasteiger partial charge < -0.3 is 9.13 Å². The fourth-order valence-corrected chi connectivity index (χ4v) is 19.9. The summed E-state index contributed by atoms with van der Waals surface area (Å²) < 4.78 is 339. The highest BCUT2D eigenvalue weighted by atomic mass is 28.3. The molecule has 12 aromatic carbocycles. The Bertz CT molecular complexity index is 6780. The minimum atomic E-state index is -6.71. The zero-order valence-electron chi connectivity index (χ0n) is 77.0. The molecule has 0 spiro atoms. The fraction of sp³-hybridized carbons (Fsp3) is 0. The topological polar surface area (TPSA) is 48.5 Å². The van der Waals surface area contributed by atoms with Gasteiger partial charge in [-0.05, 0) is 77.8 Å². The van der Waals surface area contributed by atoms with Gasteiger partial charge in [-0.15, -0.1) is 0 Å². The van der Waals surface area contributed by atoms with E-state index in [0.717, 1.165) is 16.3 Å². The zero-order valence-corrected chi connectivity index (χ0v) is 44.0. The van der Waals surface area contributed by atoms with Gasteiger partial charge in [0.25, 0.3) is 0 Å². The highest BCUT2D eigenvalue weighted by Crippen LogP contribution is 2.38. The quantitative estimate of drug-likeness (QED) is 0.101. The molecule has 82 heavy (non-hydrogen) atoms. The maximum Gasteiger partial charge on any atom is 0.184 e. The van der Waals surface area contributed by atoms with Crippen LogP contribution in [0.15, 0.2) is 309 Å². The number of hydrogen-bond donors (Lipinski definition) is 0. The predicted molar refractivity (Wildman–Crippen MR) is 346 cm³/mol. The lowest BCUT2D eigenvalue weighted by Crippen LogP contribution is -2.76. The van der Waals surface area contributed by atoms with Crippen molar-refractivity contribution in [2.75, 3.05) is 0 Å². The van der Waals surface area contributed by atoms with Crippen molar-refractivity contribution >= 4 is 101 Å². The lowest BCUT2D eigenvalue weighted by atomic mass is 10.1. The van der Waals surface area contributed by atoms with Crippen LogP contribution in [0.5, 0.6) is 0 Å². The number of hydrogen-bond acceptors (Lipinski definition) is 3. The summed E-state index contributed by atoms with van der Waals surface area (Å²) in [6, 6.07) is -11.9. The highest BCUT2D eigenvalue weighted by Gasteiger charge is 2.48. The number of rotatable bonds is 10. The third-order valence-corrected chi connectivity index (χ3v) is 23.4. The second-order valence-corrected chi connectivity index (χ2v) is 25.9. The molecule has 3 aromatic heterocycles. The Kier molecular flexibility index (Phi) is 5.67. The molecule has 384 valence electrons. The molecular weight excluding hydrogens is 1030 g/mol. The Morgan fingerprint density at radius 3 is 1.55 bits per heavy atom. The molecule has 0 radical (unpaired) electrons. The molecule has 0 amide bonds. The Morgan fingerprint density at radius 2 is 0.854 bits per heavy atom. The summed E-state index contributed by atoms with van der Waals surface area (Å²) in [5, 5.41) is -3.44. The summed E-state index contributed by atoms with van der Waals surface area (Å²) in [5.41, 5.74) is -3.67. The summed E-state index contributed by atoms with van der Waals surface area (Å²) in [5.74, 6) is -3.45. The van der Waals surface area contributed by atoms with E-state index in [9.17, 15) is 38.4 Å². The van der Waals surface area contributed by atoms with Crippen LogP contribution in [0.25, 0.3) is 89.2 Å². The number of aromatic nitrogens is 5. The van der Waals surface area contributed by atoms with E-state index in [-0.39, 0.29) is 5.19 Å². The first-order valence-electron chi connectivity index (χ1n) is 42.7. The molecule has 16 rings (SSSR count). The van der Waals surface area contributed by atoms with E-state index in [1.807, 2.05) is 47.0 Å². The van der Waals surface area contributed by atoms with Crippen molar-refractivity contribution < 1.29 is 48.0 Å². The fourth-order valence-electron chi connectivity index (χ4n) is 11.5. The van der Waals surface area contributed by atoms with Crippen LogP contribution in [0.4, 0.5) is 0 Å². The van der Waals surface area contributed by atoms with Crippen LogP contribution in [-0.2, 0) is 0 Å². The molecule has 0 N–H and O–H groups in total. The second-order valence-electron chi connectivity index (χ2n) is 18.7. The number of para-hydroxylation sites is 6. The van der Waals surface area contributed by atoms with Crippen molar-refractivity contribution in [3.05, 3.63) is 309 Å². The average Bonchev–Trinajstić information content (AvgIpc) is 1.52. The molecule has 0 bridgehead atoms. The van der Waals surface area contributed by atoms with Crippen LogP contribution in [0.1, 0.15) is 48.0 Å². The van der Waals surface area contributed by atoms with Gasteiger partial charge in [-0.2, -0.15) is 0 Å². The van der Waals surface area contributed by atoms with Crippen molar-refractivity contribution in [2.24, 2.45) is 0 Å². The normalized spacial score (nSPS) is 19.9. The molecule has 1 unspecified atom stereocenters. The van der Waals surface area contributed by atoms with Crippen molar-refractivity contribution in [1.82, 2.24) is 24.1 Å². The average molecular weight is 1110 g/mol. The minimum Gasteiger partial charge on any atom is -0.309 e.